The Kier molecular flexibility index (Phi) is 3.00. The highest BCUT2D eigenvalue weighted by molar-refractivity contribution is 5.30. The van der Waals surface area contributed by atoms with Crippen molar-refractivity contribution in [3.8, 4) is 5.75 Å². The Bertz CT molecular complexity index is 307. The number of halogens is 3. The van der Waals surface area contributed by atoms with Crippen molar-refractivity contribution in [2.45, 2.75) is 12.5 Å². The van der Waals surface area contributed by atoms with E-state index in [4.69, 9.17) is 5.11 Å². The summed E-state index contributed by atoms with van der Waals surface area (Å²) in [7, 11) is 0. The predicted octanol–water partition coefficient (Wildman–Crippen LogP) is 2.45. The maximum atomic E-state index is 11.8. The van der Waals surface area contributed by atoms with Crippen LogP contribution in [0.3, 0.4) is 0 Å². The molecule has 1 aromatic carbocycles. The molecule has 1 radical (unpaired) electrons. The van der Waals surface area contributed by atoms with Crippen LogP contribution < -0.4 is 4.74 Å². The number of ether oxygens (including phenoxy) is 1. The van der Waals surface area contributed by atoms with Gasteiger partial charge in [0, 0.05) is 0 Å². The molecule has 0 heterocycles. The van der Waals surface area contributed by atoms with E-state index in [0.29, 0.717) is 0 Å². The number of rotatable bonds is 2. The summed E-state index contributed by atoms with van der Waals surface area (Å²) in [6, 6.07) is 5.05. The van der Waals surface area contributed by atoms with Gasteiger partial charge in [-0.05, 0) is 24.6 Å². The van der Waals surface area contributed by atoms with E-state index < -0.39 is 12.5 Å². The molecule has 14 heavy (non-hydrogen) atoms. The zero-order chi connectivity index (χ0) is 10.8. The SMILES string of the molecule is [CH2]C(O)c1cccc(OC(F)(F)F)c1. The number of benzene rings is 1. The van der Waals surface area contributed by atoms with Gasteiger partial charge in [-0.25, -0.2) is 0 Å². The number of aliphatic hydroxyl groups excluding tert-OH is 1. The van der Waals surface area contributed by atoms with Crippen LogP contribution in [-0.4, -0.2) is 11.5 Å². The van der Waals surface area contributed by atoms with Gasteiger partial charge in [-0.2, -0.15) is 0 Å². The first kappa shape index (κ1) is 10.8. The second-order valence-corrected chi connectivity index (χ2v) is 2.64. The summed E-state index contributed by atoms with van der Waals surface area (Å²) in [5, 5.41) is 9.00. The molecule has 5 heteroatoms. The van der Waals surface area contributed by atoms with Crippen molar-refractivity contribution in [1.29, 1.82) is 0 Å². The molecule has 1 unspecified atom stereocenters. The highest BCUT2D eigenvalue weighted by Crippen LogP contribution is 2.25. The predicted molar refractivity (Wildman–Crippen MR) is 43.4 cm³/mol. The van der Waals surface area contributed by atoms with Crippen LogP contribution in [0, 0.1) is 6.92 Å². The zero-order valence-corrected chi connectivity index (χ0v) is 7.08. The van der Waals surface area contributed by atoms with E-state index in [-0.39, 0.29) is 11.3 Å². The van der Waals surface area contributed by atoms with Crippen molar-refractivity contribution >= 4 is 0 Å². The smallest absolute Gasteiger partial charge is 0.406 e. The maximum absolute atomic E-state index is 11.8. The van der Waals surface area contributed by atoms with Gasteiger partial charge in [0.2, 0.25) is 0 Å². The molecular formula is C9H8F3O2. The summed E-state index contributed by atoms with van der Waals surface area (Å²) >= 11 is 0. The Morgan fingerprint density at radius 3 is 2.50 bits per heavy atom. The molecular weight excluding hydrogens is 197 g/mol. The average Bonchev–Trinajstić information content (AvgIpc) is 2.01. The Morgan fingerprint density at radius 2 is 2.00 bits per heavy atom. The van der Waals surface area contributed by atoms with Crippen molar-refractivity contribution in [3.05, 3.63) is 36.8 Å². The molecule has 0 amide bonds. The first-order valence-corrected chi connectivity index (χ1v) is 3.75. The summed E-state index contributed by atoms with van der Waals surface area (Å²) in [6.45, 7) is 3.27. The molecule has 0 spiro atoms. The molecule has 0 bridgehead atoms. The third-order valence-electron chi connectivity index (χ3n) is 1.48. The van der Waals surface area contributed by atoms with Crippen LogP contribution in [-0.2, 0) is 0 Å². The van der Waals surface area contributed by atoms with Crippen LogP contribution in [0.5, 0.6) is 5.75 Å². The lowest BCUT2D eigenvalue weighted by Gasteiger charge is -2.10. The van der Waals surface area contributed by atoms with Gasteiger partial charge in [0.25, 0.3) is 0 Å². The summed E-state index contributed by atoms with van der Waals surface area (Å²) in [4.78, 5) is 0. The van der Waals surface area contributed by atoms with Crippen LogP contribution in [0.4, 0.5) is 13.2 Å². The summed E-state index contributed by atoms with van der Waals surface area (Å²) in [5.74, 6) is -0.363. The molecule has 0 aliphatic carbocycles. The highest BCUT2D eigenvalue weighted by Gasteiger charge is 2.31. The molecule has 2 nitrogen and oxygen atoms in total. The van der Waals surface area contributed by atoms with Crippen LogP contribution in [0.15, 0.2) is 24.3 Å². The van der Waals surface area contributed by atoms with E-state index in [1.165, 1.54) is 12.1 Å². The normalized spacial score (nSPS) is 13.8. The molecule has 0 aliphatic rings. The Hall–Kier alpha value is -1.23. The Labute approximate surface area is 78.9 Å². The van der Waals surface area contributed by atoms with Gasteiger partial charge >= 0.3 is 6.36 Å². The van der Waals surface area contributed by atoms with E-state index in [1.54, 1.807) is 0 Å². The third-order valence-corrected chi connectivity index (χ3v) is 1.48. The van der Waals surface area contributed by atoms with Gasteiger partial charge in [0.15, 0.2) is 0 Å². The van der Waals surface area contributed by atoms with Gasteiger partial charge in [-0.3, -0.25) is 0 Å². The third kappa shape index (κ3) is 3.26. The van der Waals surface area contributed by atoms with Gasteiger partial charge in [0.05, 0.1) is 6.10 Å². The molecule has 0 aromatic heterocycles. The van der Waals surface area contributed by atoms with Crippen molar-refractivity contribution in [2.24, 2.45) is 0 Å². The minimum absolute atomic E-state index is 0.270. The van der Waals surface area contributed by atoms with Crippen molar-refractivity contribution in [3.63, 3.8) is 0 Å². The minimum atomic E-state index is -4.72. The molecule has 1 aromatic rings. The molecule has 0 saturated carbocycles. The number of alkyl halides is 3. The second kappa shape index (κ2) is 3.88. The van der Waals surface area contributed by atoms with E-state index in [9.17, 15) is 13.2 Å². The van der Waals surface area contributed by atoms with Crippen LogP contribution in [0.2, 0.25) is 0 Å². The van der Waals surface area contributed by atoms with E-state index >= 15 is 0 Å². The summed E-state index contributed by atoms with van der Waals surface area (Å²) in [5.41, 5.74) is 0.270. The van der Waals surface area contributed by atoms with E-state index in [2.05, 4.69) is 11.7 Å². The molecule has 0 saturated heterocycles. The van der Waals surface area contributed by atoms with Crippen LogP contribution in [0.1, 0.15) is 11.7 Å². The fraction of sp³-hybridized carbons (Fsp3) is 0.222. The first-order valence-electron chi connectivity index (χ1n) is 3.75. The van der Waals surface area contributed by atoms with Crippen LogP contribution >= 0.6 is 0 Å². The molecule has 1 N–H and O–H groups in total. The number of aliphatic hydroxyl groups is 1. The number of hydrogen-bond donors (Lipinski definition) is 1. The van der Waals surface area contributed by atoms with Crippen molar-refractivity contribution in [1.82, 2.24) is 0 Å². The molecule has 1 rings (SSSR count). The maximum Gasteiger partial charge on any atom is 0.573 e. The average molecular weight is 205 g/mol. The number of hydrogen-bond acceptors (Lipinski definition) is 2. The quantitative estimate of drug-likeness (QED) is 0.803. The zero-order valence-electron chi connectivity index (χ0n) is 7.08. The summed E-state index contributed by atoms with van der Waals surface area (Å²) in [6.07, 6.45) is -5.78. The second-order valence-electron chi connectivity index (χ2n) is 2.64. The Balaban J connectivity index is 2.84. The van der Waals surface area contributed by atoms with E-state index in [1.807, 2.05) is 0 Å². The molecule has 1 atom stereocenters. The van der Waals surface area contributed by atoms with Gasteiger partial charge < -0.3 is 9.84 Å². The first-order chi connectivity index (χ1) is 6.38. The van der Waals surface area contributed by atoms with Gasteiger partial charge in [0.1, 0.15) is 5.75 Å². The van der Waals surface area contributed by atoms with Gasteiger partial charge in [-0.1, -0.05) is 12.1 Å². The molecule has 0 fully saturated rings. The lowest BCUT2D eigenvalue weighted by Crippen LogP contribution is -2.17. The highest BCUT2D eigenvalue weighted by atomic mass is 19.4. The van der Waals surface area contributed by atoms with E-state index in [0.717, 1.165) is 12.1 Å². The summed E-state index contributed by atoms with van der Waals surface area (Å²) < 4.78 is 39.0. The fourth-order valence-electron chi connectivity index (χ4n) is 0.919. The van der Waals surface area contributed by atoms with Crippen molar-refractivity contribution < 1.29 is 23.0 Å². The molecule has 0 aliphatic heterocycles. The fourth-order valence-corrected chi connectivity index (χ4v) is 0.919. The Morgan fingerprint density at radius 1 is 1.36 bits per heavy atom. The van der Waals surface area contributed by atoms with Gasteiger partial charge in [-0.15, -0.1) is 13.2 Å². The lowest BCUT2D eigenvalue weighted by atomic mass is 10.1. The lowest BCUT2D eigenvalue weighted by molar-refractivity contribution is -0.274. The van der Waals surface area contributed by atoms with Crippen LogP contribution in [0.25, 0.3) is 0 Å². The molecule has 77 valence electrons. The van der Waals surface area contributed by atoms with Crippen molar-refractivity contribution in [2.75, 3.05) is 0 Å². The minimum Gasteiger partial charge on any atom is -0.406 e. The monoisotopic (exact) mass is 205 g/mol. The largest absolute Gasteiger partial charge is 0.573 e. The topological polar surface area (TPSA) is 29.5 Å². The standard InChI is InChI=1S/C9H8F3O2/c1-6(13)7-3-2-4-8(5-7)14-9(10,11)12/h2-6,13H,1H2.